The number of phosphoric acid groups is 2. The zero-order chi connectivity index (χ0) is 76.6. The molecule has 18 heteroatoms. The Bertz CT molecular complexity index is 2490. The molecule has 0 heterocycles. The fourth-order valence-corrected chi connectivity index (χ4v) is 12.4. The van der Waals surface area contributed by atoms with E-state index in [-0.39, 0.29) is 19.3 Å². The van der Waals surface area contributed by atoms with Crippen LogP contribution in [-0.2, 0) is 55.8 Å². The molecule has 0 saturated heterocycles. The summed E-state index contributed by atoms with van der Waals surface area (Å²) in [4.78, 5) is 58.7. The maximum absolute atomic E-state index is 13.0. The highest BCUT2D eigenvalue weighted by Crippen LogP contribution is 2.45. The largest absolute Gasteiger partial charge is 0.472 e. The molecule has 0 aromatic rings. The van der Waals surface area contributed by atoms with Crippen LogP contribution in [0.2, 0.25) is 0 Å². The number of esters is 3. The standard InChI is InChI=1S/C87H148O16P2/c1-4-7-10-13-16-19-22-25-28-30-32-34-36-37-38-39-40-41-42-43-45-47-48-50-53-55-58-61-64-67-70-73-85(90)97-76-82(88)77-99-104(93,94)100-78-83(89)79-101-105(95,96)102-81-84(103-87(92)75-72-69-66-63-60-57-52-27-24-21-18-15-12-9-6-3)80-98-86(91)74-71-68-65-62-59-56-54-51-49-46-44-35-33-31-29-26-23-20-17-14-11-8-5-2/h7-8,10-11,16-21,25-29,32-35,37-38,46,49,52,82-84,88-89H,4-6,9,12-15,22-24,30-31,36,39-45,47-48,50-51,53-81H2,1-3H3,(H,93,94)(H,95,96)/b10-7-,11-8-,19-16-,20-17-,21-18-,28-25-,29-26-,34-32-,35-33-,38-37-,49-46-,52-27-. The van der Waals surface area contributed by atoms with Gasteiger partial charge in [0.15, 0.2) is 6.10 Å². The molecule has 16 nitrogen and oxygen atoms in total. The molecule has 0 radical (unpaired) electrons. The van der Waals surface area contributed by atoms with E-state index in [0.717, 1.165) is 173 Å². The first-order valence-corrected chi connectivity index (χ1v) is 44.1. The molecule has 0 bridgehead atoms. The third kappa shape index (κ3) is 80.3. The normalized spacial score (nSPS) is 14.7. The molecule has 0 aromatic heterocycles. The van der Waals surface area contributed by atoms with Gasteiger partial charge in [0.1, 0.15) is 25.4 Å². The zero-order valence-corrected chi connectivity index (χ0v) is 67.6. The van der Waals surface area contributed by atoms with Crippen molar-refractivity contribution in [3.63, 3.8) is 0 Å². The van der Waals surface area contributed by atoms with Crippen molar-refractivity contribution in [2.75, 3.05) is 39.6 Å². The summed E-state index contributed by atoms with van der Waals surface area (Å²) < 4.78 is 61.2. The third-order valence-electron chi connectivity index (χ3n) is 17.0. The van der Waals surface area contributed by atoms with Crippen molar-refractivity contribution in [1.82, 2.24) is 0 Å². The van der Waals surface area contributed by atoms with Gasteiger partial charge in [-0.05, 0) is 141 Å². The van der Waals surface area contributed by atoms with Gasteiger partial charge in [0.25, 0.3) is 0 Å². The topological polar surface area (TPSA) is 231 Å². The summed E-state index contributed by atoms with van der Waals surface area (Å²) in [7, 11) is -9.80. The van der Waals surface area contributed by atoms with E-state index in [1.807, 2.05) is 0 Å². The van der Waals surface area contributed by atoms with Crippen molar-refractivity contribution >= 4 is 33.6 Å². The van der Waals surface area contributed by atoms with E-state index < -0.39 is 91.5 Å². The van der Waals surface area contributed by atoms with Crippen molar-refractivity contribution in [3.8, 4) is 0 Å². The number of hydrogen-bond donors (Lipinski definition) is 4. The van der Waals surface area contributed by atoms with Gasteiger partial charge in [0.05, 0.1) is 26.4 Å². The third-order valence-corrected chi connectivity index (χ3v) is 18.9. The molecule has 602 valence electrons. The smallest absolute Gasteiger partial charge is 0.463 e. The molecule has 0 fully saturated rings. The van der Waals surface area contributed by atoms with Gasteiger partial charge in [-0.3, -0.25) is 32.5 Å². The molecule has 0 spiro atoms. The lowest BCUT2D eigenvalue weighted by atomic mass is 10.0. The lowest BCUT2D eigenvalue weighted by Crippen LogP contribution is -2.30. The molecule has 0 aliphatic carbocycles. The van der Waals surface area contributed by atoms with Crippen LogP contribution in [0.5, 0.6) is 0 Å². The second-order valence-corrected chi connectivity index (χ2v) is 30.1. The average Bonchev–Trinajstić information content (AvgIpc) is 0.965. The molecule has 0 rings (SSSR count). The first kappa shape index (κ1) is 100. The molecule has 0 aromatic carbocycles. The van der Waals surface area contributed by atoms with Crippen molar-refractivity contribution in [2.45, 2.75) is 347 Å². The minimum absolute atomic E-state index is 0.0830. The second-order valence-electron chi connectivity index (χ2n) is 27.2. The van der Waals surface area contributed by atoms with Crippen molar-refractivity contribution in [1.29, 1.82) is 0 Å². The number of ether oxygens (including phenoxy) is 3. The molecular formula is C87H148O16P2. The van der Waals surface area contributed by atoms with Crippen LogP contribution in [0.4, 0.5) is 0 Å². The fourth-order valence-electron chi connectivity index (χ4n) is 10.8. The summed E-state index contributed by atoms with van der Waals surface area (Å²) in [6, 6.07) is 0. The molecular weight excluding hydrogens is 1360 g/mol. The van der Waals surface area contributed by atoms with Crippen LogP contribution in [0.15, 0.2) is 146 Å². The van der Waals surface area contributed by atoms with E-state index >= 15 is 0 Å². The minimum Gasteiger partial charge on any atom is -0.463 e. The van der Waals surface area contributed by atoms with Gasteiger partial charge in [-0.15, -0.1) is 0 Å². The number of hydrogen-bond acceptors (Lipinski definition) is 14. The van der Waals surface area contributed by atoms with Crippen LogP contribution < -0.4 is 0 Å². The maximum Gasteiger partial charge on any atom is 0.472 e. The van der Waals surface area contributed by atoms with E-state index in [1.54, 1.807) is 0 Å². The van der Waals surface area contributed by atoms with Gasteiger partial charge in [0.2, 0.25) is 0 Å². The van der Waals surface area contributed by atoms with Crippen molar-refractivity contribution < 1.29 is 75.8 Å². The molecule has 5 atom stereocenters. The van der Waals surface area contributed by atoms with Gasteiger partial charge in [0, 0.05) is 19.3 Å². The molecule has 5 unspecified atom stereocenters. The van der Waals surface area contributed by atoms with Crippen molar-refractivity contribution in [2.24, 2.45) is 0 Å². The minimum atomic E-state index is -4.94. The maximum atomic E-state index is 13.0. The van der Waals surface area contributed by atoms with E-state index in [4.69, 9.17) is 32.3 Å². The summed E-state index contributed by atoms with van der Waals surface area (Å²) >= 11 is 0. The lowest BCUT2D eigenvalue weighted by Gasteiger charge is -2.21. The van der Waals surface area contributed by atoms with Gasteiger partial charge >= 0.3 is 33.6 Å². The number of rotatable bonds is 77. The van der Waals surface area contributed by atoms with Crippen molar-refractivity contribution in [3.05, 3.63) is 146 Å². The first-order chi connectivity index (χ1) is 51.2. The van der Waals surface area contributed by atoms with Crippen LogP contribution in [0.1, 0.15) is 329 Å². The second kappa shape index (κ2) is 79.0. The average molecular weight is 1510 g/mol. The summed E-state index contributed by atoms with van der Waals surface area (Å²) in [5.74, 6) is -1.60. The molecule has 4 N–H and O–H groups in total. The summed E-state index contributed by atoms with van der Waals surface area (Å²) in [5.41, 5.74) is 0. The molecule has 0 amide bonds. The Labute approximate surface area is 638 Å². The van der Waals surface area contributed by atoms with Crippen LogP contribution in [-0.4, -0.2) is 95.9 Å². The number of aliphatic hydroxyl groups excluding tert-OH is 2. The Hall–Kier alpha value is -4.57. The van der Waals surface area contributed by atoms with E-state index in [9.17, 15) is 43.5 Å². The van der Waals surface area contributed by atoms with Gasteiger partial charge in [-0.25, -0.2) is 9.13 Å². The van der Waals surface area contributed by atoms with Crippen LogP contribution in [0.3, 0.4) is 0 Å². The number of aliphatic hydroxyl groups is 2. The summed E-state index contributed by atoms with van der Waals surface area (Å²) in [6.07, 6.45) is 97.5. The summed E-state index contributed by atoms with van der Waals surface area (Å²) in [6.45, 7) is 2.41. The van der Waals surface area contributed by atoms with Gasteiger partial charge in [-0.1, -0.05) is 314 Å². The fraction of sp³-hybridized carbons (Fsp3) is 0.690. The number of allylic oxidation sites excluding steroid dienone is 24. The SMILES string of the molecule is CC/C=C\C/C=C\C/C=C\C/C=C\C/C=C\CCCCCCCCCCCCCCCCCC(=O)OCC(O)COP(=O)(O)OCC(O)COP(=O)(O)OCC(COC(=O)CCCCCCCCC/C=C\C/C=C\C/C=C\C/C=C\C/C=C\CC)OC(=O)CCCCCCC/C=C\C/C=C\CCCCC. The first-order valence-electron chi connectivity index (χ1n) is 41.1. The molecule has 0 saturated carbocycles. The Morgan fingerprint density at radius 1 is 0.276 bits per heavy atom. The predicted molar refractivity (Wildman–Crippen MR) is 436 cm³/mol. The van der Waals surface area contributed by atoms with Crippen LogP contribution in [0, 0.1) is 0 Å². The number of phosphoric ester groups is 2. The Morgan fingerprint density at radius 3 is 0.800 bits per heavy atom. The van der Waals surface area contributed by atoms with E-state index in [2.05, 4.69) is 167 Å². The predicted octanol–water partition coefficient (Wildman–Crippen LogP) is 24.4. The molecule has 0 aliphatic heterocycles. The number of unbranched alkanes of at least 4 members (excludes halogenated alkanes) is 30. The lowest BCUT2D eigenvalue weighted by molar-refractivity contribution is -0.161. The van der Waals surface area contributed by atoms with Crippen LogP contribution in [0.25, 0.3) is 0 Å². The highest BCUT2D eigenvalue weighted by atomic mass is 31.2. The van der Waals surface area contributed by atoms with Gasteiger partial charge < -0.3 is 34.2 Å². The quantitative estimate of drug-likeness (QED) is 0.0146. The summed E-state index contributed by atoms with van der Waals surface area (Å²) in [5, 5.41) is 20.7. The number of carbonyl (C=O) groups is 3. The highest BCUT2D eigenvalue weighted by Gasteiger charge is 2.29. The zero-order valence-electron chi connectivity index (χ0n) is 65.9. The van der Waals surface area contributed by atoms with E-state index in [0.29, 0.717) is 19.3 Å². The highest BCUT2D eigenvalue weighted by molar-refractivity contribution is 7.47. The monoisotopic (exact) mass is 1510 g/mol. The Kier molecular flexibility index (Phi) is 75.6. The van der Waals surface area contributed by atoms with Crippen LogP contribution >= 0.6 is 15.6 Å². The van der Waals surface area contributed by atoms with E-state index in [1.165, 1.54) is 96.3 Å². The molecule has 105 heavy (non-hydrogen) atoms. The molecule has 0 aliphatic rings. The Balaban J connectivity index is 4.51. The number of carbonyl (C=O) groups excluding carboxylic acids is 3. The Morgan fingerprint density at radius 2 is 0.505 bits per heavy atom. The van der Waals surface area contributed by atoms with Gasteiger partial charge in [-0.2, -0.15) is 0 Å².